The van der Waals surface area contributed by atoms with E-state index in [-0.39, 0.29) is 17.7 Å². The number of hydrogen-bond acceptors (Lipinski definition) is 5. The third kappa shape index (κ3) is 8.45. The maximum atomic E-state index is 12.1. The summed E-state index contributed by atoms with van der Waals surface area (Å²) in [7, 11) is 1.51. The second kappa shape index (κ2) is 14.5. The van der Waals surface area contributed by atoms with E-state index in [1.807, 2.05) is 18.2 Å². The minimum absolute atomic E-state index is 0.0979. The van der Waals surface area contributed by atoms with Crippen LogP contribution in [0.15, 0.2) is 91.0 Å². The Morgan fingerprint density at radius 2 is 1.72 bits per heavy atom. The molecule has 204 valence electrons. The number of phenolic OH excluding ortho intramolecular Hbond substituents is 1. The molecule has 0 radical (unpaired) electrons. The molecule has 0 saturated carbocycles. The molecule has 1 atom stereocenters. The first-order valence-corrected chi connectivity index (χ1v) is 13.7. The normalized spacial score (nSPS) is 15.5. The van der Waals surface area contributed by atoms with E-state index in [0.717, 1.165) is 49.7 Å². The third-order valence-corrected chi connectivity index (χ3v) is 7.13. The number of allylic oxidation sites excluding steroid dienone is 2. The molecular formula is C32H36ClN3O3. The maximum absolute atomic E-state index is 12.1. The second-order valence-corrected chi connectivity index (χ2v) is 9.97. The average molecular weight is 546 g/mol. The first-order valence-electron chi connectivity index (χ1n) is 13.3. The smallest absolute Gasteiger partial charge is 0.243 e. The standard InChI is InChI=1S/C32H36ClN3O3/c1-39-30-24-25(12-17-29(30)37)8-5-6-11-31(38)34-18-7-19-35-20-22-36(23-21-35)32(26-9-3-2-4-10-26)27-13-15-28(33)16-14-27/h2-6,8-17,24,32,37H,7,18-23H2,1H3,(H,34,38). The fraction of sp³-hybridized carbons (Fsp3) is 0.281. The van der Waals surface area contributed by atoms with Gasteiger partial charge >= 0.3 is 0 Å². The summed E-state index contributed by atoms with van der Waals surface area (Å²) in [5.41, 5.74) is 3.42. The van der Waals surface area contributed by atoms with Gasteiger partial charge in [-0.05, 0) is 53.9 Å². The number of phenols is 1. The topological polar surface area (TPSA) is 65.0 Å². The number of methoxy groups -OCH3 is 1. The van der Waals surface area contributed by atoms with E-state index in [1.54, 1.807) is 30.4 Å². The number of carbonyl (C=O) groups is 1. The fourth-order valence-electron chi connectivity index (χ4n) is 4.82. The van der Waals surface area contributed by atoms with Crippen LogP contribution in [0.25, 0.3) is 6.08 Å². The number of halogens is 1. The van der Waals surface area contributed by atoms with Gasteiger partial charge in [0.05, 0.1) is 13.2 Å². The van der Waals surface area contributed by atoms with E-state index in [4.69, 9.17) is 16.3 Å². The molecule has 7 heteroatoms. The van der Waals surface area contributed by atoms with Crippen molar-refractivity contribution in [3.05, 3.63) is 113 Å². The Hall–Kier alpha value is -3.58. The summed E-state index contributed by atoms with van der Waals surface area (Å²) >= 11 is 6.15. The van der Waals surface area contributed by atoms with Crippen LogP contribution in [0.3, 0.4) is 0 Å². The molecule has 39 heavy (non-hydrogen) atoms. The zero-order valence-electron chi connectivity index (χ0n) is 22.3. The van der Waals surface area contributed by atoms with Crippen LogP contribution in [0, 0.1) is 0 Å². The van der Waals surface area contributed by atoms with Gasteiger partial charge in [0.25, 0.3) is 0 Å². The molecule has 0 aliphatic carbocycles. The monoisotopic (exact) mass is 545 g/mol. The Morgan fingerprint density at radius 1 is 1.00 bits per heavy atom. The molecule has 0 aromatic heterocycles. The zero-order valence-corrected chi connectivity index (χ0v) is 23.1. The SMILES string of the molecule is COc1cc(C=CC=CC(=O)NCCCN2CCN(C(c3ccccc3)c3ccc(Cl)cc3)CC2)ccc1O. The Bertz CT molecular complexity index is 1250. The molecule has 0 bridgehead atoms. The van der Waals surface area contributed by atoms with Gasteiger partial charge in [-0.1, -0.05) is 78.4 Å². The molecule has 1 saturated heterocycles. The molecule has 1 aliphatic heterocycles. The van der Waals surface area contributed by atoms with Crippen molar-refractivity contribution in [1.82, 2.24) is 15.1 Å². The molecule has 6 nitrogen and oxygen atoms in total. The maximum Gasteiger partial charge on any atom is 0.243 e. The molecular weight excluding hydrogens is 510 g/mol. The highest BCUT2D eigenvalue weighted by atomic mass is 35.5. The lowest BCUT2D eigenvalue weighted by Crippen LogP contribution is -2.48. The molecule has 2 N–H and O–H groups in total. The highest BCUT2D eigenvalue weighted by molar-refractivity contribution is 6.30. The first-order chi connectivity index (χ1) is 19.0. The summed E-state index contributed by atoms with van der Waals surface area (Å²) in [5, 5.41) is 13.4. The summed E-state index contributed by atoms with van der Waals surface area (Å²) in [4.78, 5) is 17.2. The molecule has 1 heterocycles. The van der Waals surface area contributed by atoms with E-state index in [0.29, 0.717) is 12.3 Å². The van der Waals surface area contributed by atoms with Gasteiger partial charge in [-0.25, -0.2) is 0 Å². The Labute approximate surface area is 236 Å². The molecule has 4 rings (SSSR count). The Balaban J connectivity index is 1.19. The summed E-state index contributed by atoms with van der Waals surface area (Å²) in [6, 6.07) is 24.1. The fourth-order valence-corrected chi connectivity index (χ4v) is 4.95. The summed E-state index contributed by atoms with van der Waals surface area (Å²) < 4.78 is 5.11. The number of benzene rings is 3. The summed E-state index contributed by atoms with van der Waals surface area (Å²) in [6.07, 6.45) is 7.77. The van der Waals surface area contributed by atoms with Crippen molar-refractivity contribution in [2.45, 2.75) is 12.5 Å². The number of amides is 1. The van der Waals surface area contributed by atoms with Crippen molar-refractivity contribution < 1.29 is 14.6 Å². The number of nitrogens with one attached hydrogen (secondary N) is 1. The van der Waals surface area contributed by atoms with E-state index in [2.05, 4.69) is 57.6 Å². The number of aromatic hydroxyl groups is 1. The van der Waals surface area contributed by atoms with E-state index in [1.165, 1.54) is 24.3 Å². The van der Waals surface area contributed by atoms with Crippen molar-refractivity contribution in [2.75, 3.05) is 46.4 Å². The van der Waals surface area contributed by atoms with Crippen molar-refractivity contribution >= 4 is 23.6 Å². The molecule has 1 amide bonds. The largest absolute Gasteiger partial charge is 0.504 e. The lowest BCUT2D eigenvalue weighted by Gasteiger charge is -2.40. The quantitative estimate of drug-likeness (QED) is 0.188. The molecule has 1 fully saturated rings. The third-order valence-electron chi connectivity index (χ3n) is 6.87. The Kier molecular flexibility index (Phi) is 10.6. The van der Waals surface area contributed by atoms with Crippen LogP contribution in [-0.2, 0) is 4.79 Å². The average Bonchev–Trinajstić information content (AvgIpc) is 2.97. The second-order valence-electron chi connectivity index (χ2n) is 9.54. The number of ether oxygens (including phenoxy) is 1. The molecule has 0 spiro atoms. The summed E-state index contributed by atoms with van der Waals surface area (Å²) in [6.45, 7) is 5.55. The van der Waals surface area contributed by atoms with Crippen LogP contribution in [0.1, 0.15) is 29.2 Å². The lowest BCUT2D eigenvalue weighted by molar-refractivity contribution is -0.116. The predicted octanol–water partition coefficient (Wildman–Crippen LogP) is 5.54. The van der Waals surface area contributed by atoms with Crippen molar-refractivity contribution in [2.24, 2.45) is 0 Å². The molecule has 1 aliphatic rings. The highest BCUT2D eigenvalue weighted by Gasteiger charge is 2.26. The van der Waals surface area contributed by atoms with E-state index < -0.39 is 0 Å². The molecule has 3 aromatic carbocycles. The van der Waals surface area contributed by atoms with Crippen LogP contribution >= 0.6 is 11.6 Å². The van der Waals surface area contributed by atoms with E-state index in [9.17, 15) is 9.90 Å². The van der Waals surface area contributed by atoms with Crippen LogP contribution in [-0.4, -0.2) is 67.2 Å². The predicted molar refractivity (Wildman–Crippen MR) is 158 cm³/mol. The lowest BCUT2D eigenvalue weighted by atomic mass is 9.96. The van der Waals surface area contributed by atoms with Gasteiger partial charge in [-0.15, -0.1) is 0 Å². The van der Waals surface area contributed by atoms with Crippen LogP contribution in [0.4, 0.5) is 0 Å². The van der Waals surface area contributed by atoms with Crippen LogP contribution < -0.4 is 10.1 Å². The number of carbonyl (C=O) groups excluding carboxylic acids is 1. The van der Waals surface area contributed by atoms with Crippen molar-refractivity contribution in [1.29, 1.82) is 0 Å². The van der Waals surface area contributed by atoms with E-state index >= 15 is 0 Å². The summed E-state index contributed by atoms with van der Waals surface area (Å²) in [5.74, 6) is 0.403. The highest BCUT2D eigenvalue weighted by Crippen LogP contribution is 2.30. The minimum Gasteiger partial charge on any atom is -0.504 e. The number of nitrogens with zero attached hydrogens (tertiary/aromatic N) is 2. The number of piperazine rings is 1. The van der Waals surface area contributed by atoms with Crippen molar-refractivity contribution in [3.8, 4) is 11.5 Å². The zero-order chi connectivity index (χ0) is 27.5. The first kappa shape index (κ1) is 28.4. The van der Waals surface area contributed by atoms with Crippen LogP contribution in [0.5, 0.6) is 11.5 Å². The number of hydrogen-bond donors (Lipinski definition) is 2. The van der Waals surface area contributed by atoms with Gasteiger partial charge in [-0.3, -0.25) is 9.69 Å². The van der Waals surface area contributed by atoms with Gasteiger partial charge in [0.15, 0.2) is 11.5 Å². The molecule has 1 unspecified atom stereocenters. The van der Waals surface area contributed by atoms with Crippen LogP contribution in [0.2, 0.25) is 5.02 Å². The Morgan fingerprint density at radius 3 is 2.44 bits per heavy atom. The van der Waals surface area contributed by atoms with Gasteiger partial charge < -0.3 is 20.1 Å². The van der Waals surface area contributed by atoms with Crippen molar-refractivity contribution in [3.63, 3.8) is 0 Å². The van der Waals surface area contributed by atoms with Gasteiger partial charge in [0.2, 0.25) is 5.91 Å². The minimum atomic E-state index is -0.110. The van der Waals surface area contributed by atoms with Gasteiger partial charge in [0.1, 0.15) is 0 Å². The van der Waals surface area contributed by atoms with Gasteiger partial charge in [0, 0.05) is 43.8 Å². The van der Waals surface area contributed by atoms with Gasteiger partial charge in [-0.2, -0.15) is 0 Å². The molecule has 3 aromatic rings. The number of rotatable bonds is 11.